The van der Waals surface area contributed by atoms with Crippen molar-refractivity contribution in [2.45, 2.75) is 19.4 Å². The summed E-state index contributed by atoms with van der Waals surface area (Å²) in [4.78, 5) is 0. The summed E-state index contributed by atoms with van der Waals surface area (Å²) in [5, 5.41) is 0. The molecule has 0 bridgehead atoms. The van der Waals surface area contributed by atoms with Gasteiger partial charge < -0.3 is 16.2 Å². The van der Waals surface area contributed by atoms with Crippen molar-refractivity contribution in [3.05, 3.63) is 42.5 Å². The van der Waals surface area contributed by atoms with Crippen LogP contribution in [0.3, 0.4) is 0 Å². The van der Waals surface area contributed by atoms with Crippen molar-refractivity contribution >= 4 is 0 Å². The van der Waals surface area contributed by atoms with Gasteiger partial charge in [-0.3, -0.25) is 0 Å². The topological polar surface area (TPSA) is 61.3 Å². The Morgan fingerprint density at radius 2 is 1.94 bits per heavy atom. The molecular formula is C13H22N2O. The summed E-state index contributed by atoms with van der Waals surface area (Å²) < 4.78 is 5.49. The van der Waals surface area contributed by atoms with Crippen LogP contribution in [0.4, 0.5) is 0 Å². The molecule has 0 amide bonds. The number of benzene rings is 1. The summed E-state index contributed by atoms with van der Waals surface area (Å²) in [7, 11) is 1.50. The predicted octanol–water partition coefficient (Wildman–Crippen LogP) is 1.63. The van der Waals surface area contributed by atoms with Gasteiger partial charge in [-0.15, -0.1) is 13.2 Å². The van der Waals surface area contributed by atoms with E-state index in [0.29, 0.717) is 6.61 Å². The molecule has 1 atom stereocenters. The van der Waals surface area contributed by atoms with Gasteiger partial charge in [-0.25, -0.2) is 0 Å². The average Bonchev–Trinajstić information content (AvgIpc) is 2.35. The van der Waals surface area contributed by atoms with Gasteiger partial charge in [0.2, 0.25) is 0 Å². The standard InChI is InChI=1S/C10H13NO.C2H4.CH5N/c1-7-2-3-8-5-9(11)6-12-10(8)4-7;2*1-2/h2-4,9H,5-6,11H2,1H3;1-2H2;2H2,1H3. The van der Waals surface area contributed by atoms with Gasteiger partial charge in [-0.2, -0.15) is 0 Å². The Balaban J connectivity index is 0.000000509. The maximum Gasteiger partial charge on any atom is 0.122 e. The van der Waals surface area contributed by atoms with E-state index < -0.39 is 0 Å². The molecule has 2 rings (SSSR count). The molecule has 16 heavy (non-hydrogen) atoms. The van der Waals surface area contributed by atoms with Crippen LogP contribution in [-0.4, -0.2) is 19.7 Å². The van der Waals surface area contributed by atoms with E-state index in [0.717, 1.165) is 12.2 Å². The minimum Gasteiger partial charge on any atom is -0.492 e. The molecule has 1 aliphatic rings. The second-order valence-corrected chi connectivity index (χ2v) is 3.39. The lowest BCUT2D eigenvalue weighted by Gasteiger charge is -2.22. The molecule has 0 fully saturated rings. The summed E-state index contributed by atoms with van der Waals surface area (Å²) in [5.74, 6) is 1.01. The Morgan fingerprint density at radius 3 is 2.56 bits per heavy atom. The summed E-state index contributed by atoms with van der Waals surface area (Å²) in [6, 6.07) is 6.44. The third-order valence-corrected chi connectivity index (χ3v) is 2.16. The van der Waals surface area contributed by atoms with E-state index in [1.807, 2.05) is 0 Å². The van der Waals surface area contributed by atoms with Crippen LogP contribution in [0, 0.1) is 6.92 Å². The molecular weight excluding hydrogens is 200 g/mol. The summed E-state index contributed by atoms with van der Waals surface area (Å²) in [5.41, 5.74) is 12.7. The summed E-state index contributed by atoms with van der Waals surface area (Å²) in [6.07, 6.45) is 0.940. The number of ether oxygens (including phenoxy) is 1. The normalized spacial score (nSPS) is 16.6. The van der Waals surface area contributed by atoms with Gasteiger partial charge in [-0.1, -0.05) is 12.1 Å². The SMILES string of the molecule is C=C.CN.Cc1ccc2c(c1)OCC(N)C2. The smallest absolute Gasteiger partial charge is 0.122 e. The lowest BCUT2D eigenvalue weighted by atomic mass is 10.0. The molecule has 1 aromatic rings. The Hall–Kier alpha value is -1.32. The van der Waals surface area contributed by atoms with Gasteiger partial charge in [0.05, 0.1) is 0 Å². The molecule has 0 saturated carbocycles. The lowest BCUT2D eigenvalue weighted by Crippen LogP contribution is -2.33. The van der Waals surface area contributed by atoms with Crippen molar-refractivity contribution in [2.24, 2.45) is 11.5 Å². The fraction of sp³-hybridized carbons (Fsp3) is 0.385. The highest BCUT2D eigenvalue weighted by atomic mass is 16.5. The molecule has 3 heteroatoms. The highest BCUT2D eigenvalue weighted by Gasteiger charge is 2.15. The monoisotopic (exact) mass is 222 g/mol. The number of hydrogen-bond donors (Lipinski definition) is 2. The summed E-state index contributed by atoms with van der Waals surface area (Å²) in [6.45, 7) is 8.72. The van der Waals surface area contributed by atoms with E-state index in [1.165, 1.54) is 18.2 Å². The minimum absolute atomic E-state index is 0.167. The summed E-state index contributed by atoms with van der Waals surface area (Å²) >= 11 is 0. The molecule has 1 aromatic carbocycles. The minimum atomic E-state index is 0.167. The van der Waals surface area contributed by atoms with Crippen LogP contribution in [0.15, 0.2) is 31.4 Å². The molecule has 3 nitrogen and oxygen atoms in total. The fourth-order valence-electron chi connectivity index (χ4n) is 1.50. The molecule has 4 N–H and O–H groups in total. The van der Waals surface area contributed by atoms with Crippen molar-refractivity contribution in [3.8, 4) is 5.75 Å². The van der Waals surface area contributed by atoms with Crippen LogP contribution < -0.4 is 16.2 Å². The van der Waals surface area contributed by atoms with E-state index in [-0.39, 0.29) is 6.04 Å². The number of hydrogen-bond acceptors (Lipinski definition) is 3. The largest absolute Gasteiger partial charge is 0.492 e. The number of rotatable bonds is 0. The molecule has 90 valence electrons. The van der Waals surface area contributed by atoms with Gasteiger partial charge in [0.15, 0.2) is 0 Å². The highest BCUT2D eigenvalue weighted by molar-refractivity contribution is 5.38. The first kappa shape index (κ1) is 14.7. The molecule has 0 spiro atoms. The zero-order valence-electron chi connectivity index (χ0n) is 10.2. The van der Waals surface area contributed by atoms with Gasteiger partial charge in [-0.05, 0) is 37.6 Å². The van der Waals surface area contributed by atoms with Crippen LogP contribution >= 0.6 is 0 Å². The van der Waals surface area contributed by atoms with Crippen molar-refractivity contribution < 1.29 is 4.74 Å². The van der Waals surface area contributed by atoms with Crippen LogP contribution in [0.2, 0.25) is 0 Å². The van der Waals surface area contributed by atoms with E-state index in [9.17, 15) is 0 Å². The van der Waals surface area contributed by atoms with Gasteiger partial charge >= 0.3 is 0 Å². The van der Waals surface area contributed by atoms with Gasteiger partial charge in [0, 0.05) is 6.04 Å². The van der Waals surface area contributed by atoms with E-state index in [1.54, 1.807) is 0 Å². The van der Waals surface area contributed by atoms with E-state index in [2.05, 4.69) is 44.0 Å². The third-order valence-electron chi connectivity index (χ3n) is 2.16. The second kappa shape index (κ2) is 7.91. The first-order valence-corrected chi connectivity index (χ1v) is 5.31. The van der Waals surface area contributed by atoms with Crippen LogP contribution in [-0.2, 0) is 6.42 Å². The second-order valence-electron chi connectivity index (χ2n) is 3.39. The Bertz CT molecular complexity index is 313. The van der Waals surface area contributed by atoms with E-state index in [4.69, 9.17) is 10.5 Å². The lowest BCUT2D eigenvalue weighted by molar-refractivity contribution is 0.263. The van der Waals surface area contributed by atoms with Crippen LogP contribution in [0.1, 0.15) is 11.1 Å². The van der Waals surface area contributed by atoms with Gasteiger partial charge in [0.1, 0.15) is 12.4 Å². The molecule has 1 heterocycles. The zero-order chi connectivity index (χ0) is 12.6. The molecule has 0 aliphatic carbocycles. The van der Waals surface area contributed by atoms with Gasteiger partial charge in [0.25, 0.3) is 0 Å². The van der Waals surface area contributed by atoms with Crippen LogP contribution in [0.5, 0.6) is 5.75 Å². The van der Waals surface area contributed by atoms with Crippen molar-refractivity contribution in [2.75, 3.05) is 13.7 Å². The predicted molar refractivity (Wildman–Crippen MR) is 69.7 cm³/mol. The Labute approximate surface area is 98.1 Å². The zero-order valence-corrected chi connectivity index (χ0v) is 10.2. The van der Waals surface area contributed by atoms with Crippen molar-refractivity contribution in [3.63, 3.8) is 0 Å². The molecule has 0 aromatic heterocycles. The van der Waals surface area contributed by atoms with E-state index >= 15 is 0 Å². The average molecular weight is 222 g/mol. The quantitative estimate of drug-likeness (QED) is 0.656. The maximum atomic E-state index is 5.76. The Kier molecular flexibility index (Phi) is 7.25. The molecule has 0 radical (unpaired) electrons. The Morgan fingerprint density at radius 1 is 1.31 bits per heavy atom. The first-order chi connectivity index (χ1) is 7.75. The molecule has 0 saturated heterocycles. The molecule has 1 aliphatic heterocycles. The number of nitrogens with two attached hydrogens (primary N) is 2. The highest BCUT2D eigenvalue weighted by Crippen LogP contribution is 2.24. The van der Waals surface area contributed by atoms with Crippen molar-refractivity contribution in [1.29, 1.82) is 0 Å². The number of fused-ring (bicyclic) bond motifs is 1. The first-order valence-electron chi connectivity index (χ1n) is 5.31. The third kappa shape index (κ3) is 4.04. The fourth-order valence-corrected chi connectivity index (χ4v) is 1.50. The maximum absolute atomic E-state index is 5.76. The number of aryl methyl sites for hydroxylation is 1. The molecule has 1 unspecified atom stereocenters. The van der Waals surface area contributed by atoms with Crippen molar-refractivity contribution in [1.82, 2.24) is 0 Å². The van der Waals surface area contributed by atoms with Crippen LogP contribution in [0.25, 0.3) is 0 Å².